The number of para-hydroxylation sites is 1. The van der Waals surface area contributed by atoms with Gasteiger partial charge in [-0.3, -0.25) is 0 Å². The topological polar surface area (TPSA) is 51.8 Å². The molecule has 57 heavy (non-hydrogen) atoms. The van der Waals surface area contributed by atoms with E-state index in [-0.39, 0.29) is 0 Å². The van der Waals surface area contributed by atoms with E-state index >= 15 is 0 Å². The molecule has 0 radical (unpaired) electrons. The molecule has 0 spiro atoms. The van der Waals surface area contributed by atoms with E-state index in [2.05, 4.69) is 140 Å². The lowest BCUT2D eigenvalue weighted by atomic mass is 9.92. The number of hydrogen-bond donors (Lipinski definition) is 0. The molecule has 2 heterocycles. The lowest BCUT2D eigenvalue weighted by Crippen LogP contribution is -2.00. The van der Waals surface area contributed by atoms with Crippen LogP contribution in [0.3, 0.4) is 0 Å². The Bertz CT molecular complexity index is 3020. The third-order valence-electron chi connectivity index (χ3n) is 11.0. The van der Waals surface area contributed by atoms with Crippen LogP contribution in [0.1, 0.15) is 25.3 Å². The number of rotatable bonds is 9. The van der Waals surface area contributed by atoms with Gasteiger partial charge in [0.1, 0.15) is 11.2 Å². The van der Waals surface area contributed by atoms with Gasteiger partial charge in [-0.15, -0.1) is 0 Å². The van der Waals surface area contributed by atoms with Crippen molar-refractivity contribution >= 4 is 32.7 Å². The summed E-state index contributed by atoms with van der Waals surface area (Å²) in [4.78, 5) is 15.3. The lowest BCUT2D eigenvalue weighted by Gasteiger charge is -2.14. The first-order valence-electron chi connectivity index (χ1n) is 19.7. The second-order valence-electron chi connectivity index (χ2n) is 14.6. The minimum atomic E-state index is 0.630. The molecule has 0 aliphatic heterocycles. The standard InChI is InChI=1S/C53H39N3O/c1-2-3-12-35-21-23-36(24-22-35)37-25-27-38(28-26-37)39-29-31-41(32-30-39)52-54-51(40-13-5-4-6-14-40)55-53(56-52)46-34-33-44(42-15-7-8-16-43(42)46)45-18-11-20-49-50(45)47-17-9-10-19-48(47)57-49/h4-11,13-34H,2-3,12H2,1H3. The van der Waals surface area contributed by atoms with E-state index in [9.17, 15) is 0 Å². The zero-order valence-electron chi connectivity index (χ0n) is 31.7. The predicted octanol–water partition coefficient (Wildman–Crippen LogP) is 14.3. The van der Waals surface area contributed by atoms with E-state index in [1.54, 1.807) is 0 Å². The molecule has 8 aromatic carbocycles. The van der Waals surface area contributed by atoms with Gasteiger partial charge in [-0.2, -0.15) is 0 Å². The van der Waals surface area contributed by atoms with E-state index in [0.29, 0.717) is 17.5 Å². The molecule has 2 aromatic heterocycles. The Kier molecular flexibility index (Phi) is 8.92. The summed E-state index contributed by atoms with van der Waals surface area (Å²) in [5.74, 6) is 1.90. The maximum Gasteiger partial charge on any atom is 0.164 e. The average Bonchev–Trinajstić information content (AvgIpc) is 3.68. The zero-order chi connectivity index (χ0) is 38.1. The van der Waals surface area contributed by atoms with Crippen LogP contribution in [0, 0.1) is 0 Å². The summed E-state index contributed by atoms with van der Waals surface area (Å²) in [5.41, 5.74) is 13.0. The number of aromatic nitrogens is 3. The van der Waals surface area contributed by atoms with Gasteiger partial charge in [0.25, 0.3) is 0 Å². The molecule has 10 aromatic rings. The first kappa shape index (κ1) is 34.3. The van der Waals surface area contributed by atoms with Gasteiger partial charge in [0.2, 0.25) is 0 Å². The Morgan fingerprint density at radius 2 is 0.860 bits per heavy atom. The summed E-state index contributed by atoms with van der Waals surface area (Å²) in [7, 11) is 0. The summed E-state index contributed by atoms with van der Waals surface area (Å²) in [6.07, 6.45) is 3.58. The first-order chi connectivity index (χ1) is 28.2. The smallest absolute Gasteiger partial charge is 0.164 e. The number of furan rings is 1. The van der Waals surface area contributed by atoms with Crippen molar-refractivity contribution in [1.29, 1.82) is 0 Å². The highest BCUT2D eigenvalue weighted by Gasteiger charge is 2.18. The van der Waals surface area contributed by atoms with Gasteiger partial charge in [0.15, 0.2) is 17.5 Å². The Morgan fingerprint density at radius 1 is 0.368 bits per heavy atom. The van der Waals surface area contributed by atoms with Crippen molar-refractivity contribution in [3.8, 4) is 67.5 Å². The van der Waals surface area contributed by atoms with Crippen LogP contribution in [0.4, 0.5) is 0 Å². The second-order valence-corrected chi connectivity index (χ2v) is 14.6. The van der Waals surface area contributed by atoms with Crippen molar-refractivity contribution in [2.45, 2.75) is 26.2 Å². The van der Waals surface area contributed by atoms with Gasteiger partial charge in [-0.25, -0.2) is 15.0 Å². The summed E-state index contributed by atoms with van der Waals surface area (Å²) in [6.45, 7) is 2.24. The van der Waals surface area contributed by atoms with E-state index < -0.39 is 0 Å². The fraction of sp³-hybridized carbons (Fsp3) is 0.0755. The van der Waals surface area contributed by atoms with Gasteiger partial charge in [0, 0.05) is 27.5 Å². The van der Waals surface area contributed by atoms with Gasteiger partial charge in [0.05, 0.1) is 0 Å². The van der Waals surface area contributed by atoms with E-state index in [1.165, 1.54) is 29.5 Å². The Labute approximate surface area is 332 Å². The van der Waals surface area contributed by atoms with Crippen molar-refractivity contribution in [3.05, 3.63) is 188 Å². The van der Waals surface area contributed by atoms with E-state index in [1.807, 2.05) is 48.5 Å². The van der Waals surface area contributed by atoms with Gasteiger partial charge < -0.3 is 4.42 Å². The van der Waals surface area contributed by atoms with Crippen LogP contribution in [-0.4, -0.2) is 15.0 Å². The highest BCUT2D eigenvalue weighted by molar-refractivity contribution is 6.16. The Hall–Kier alpha value is -7.17. The van der Waals surface area contributed by atoms with Crippen molar-refractivity contribution in [3.63, 3.8) is 0 Å². The van der Waals surface area contributed by atoms with Crippen LogP contribution in [-0.2, 0) is 6.42 Å². The quantitative estimate of drug-likeness (QED) is 0.148. The van der Waals surface area contributed by atoms with Gasteiger partial charge in [-0.1, -0.05) is 177 Å². The molecule has 0 fully saturated rings. The molecule has 0 saturated carbocycles. The molecule has 4 nitrogen and oxygen atoms in total. The van der Waals surface area contributed by atoms with Crippen molar-refractivity contribution in [2.24, 2.45) is 0 Å². The molecule has 0 saturated heterocycles. The fourth-order valence-corrected chi connectivity index (χ4v) is 7.98. The Morgan fingerprint density at radius 3 is 1.51 bits per heavy atom. The number of hydrogen-bond acceptors (Lipinski definition) is 4. The average molecular weight is 734 g/mol. The predicted molar refractivity (Wildman–Crippen MR) is 236 cm³/mol. The lowest BCUT2D eigenvalue weighted by molar-refractivity contribution is 0.669. The third kappa shape index (κ3) is 6.55. The second kappa shape index (κ2) is 14.8. The zero-order valence-corrected chi connectivity index (χ0v) is 31.7. The fourth-order valence-electron chi connectivity index (χ4n) is 7.98. The summed E-state index contributed by atoms with van der Waals surface area (Å²) in [5, 5.41) is 4.42. The molecule has 4 heteroatoms. The Balaban J connectivity index is 1.02. The van der Waals surface area contributed by atoms with Crippen LogP contribution in [0.15, 0.2) is 186 Å². The van der Waals surface area contributed by atoms with Crippen LogP contribution in [0.25, 0.3) is 100 Å². The van der Waals surface area contributed by atoms with Gasteiger partial charge >= 0.3 is 0 Å². The van der Waals surface area contributed by atoms with Crippen LogP contribution < -0.4 is 0 Å². The highest BCUT2D eigenvalue weighted by Crippen LogP contribution is 2.41. The summed E-state index contributed by atoms with van der Waals surface area (Å²) < 4.78 is 6.27. The molecule has 0 N–H and O–H groups in total. The van der Waals surface area contributed by atoms with Crippen molar-refractivity contribution in [2.75, 3.05) is 0 Å². The number of fused-ring (bicyclic) bond motifs is 4. The number of nitrogens with zero attached hydrogens (tertiary/aromatic N) is 3. The molecule has 0 bridgehead atoms. The van der Waals surface area contributed by atoms with Crippen LogP contribution >= 0.6 is 0 Å². The molecule has 10 rings (SSSR count). The number of aryl methyl sites for hydroxylation is 1. The normalized spacial score (nSPS) is 11.5. The molecular weight excluding hydrogens is 695 g/mol. The maximum absolute atomic E-state index is 6.27. The number of benzene rings is 8. The molecule has 0 unspecified atom stereocenters. The first-order valence-corrected chi connectivity index (χ1v) is 19.7. The molecule has 0 aliphatic carbocycles. The maximum atomic E-state index is 6.27. The van der Waals surface area contributed by atoms with Gasteiger partial charge in [-0.05, 0) is 80.8 Å². The largest absolute Gasteiger partial charge is 0.456 e. The minimum Gasteiger partial charge on any atom is -0.456 e. The van der Waals surface area contributed by atoms with E-state index in [0.717, 1.165) is 78.1 Å². The molecular formula is C53H39N3O. The summed E-state index contributed by atoms with van der Waals surface area (Å²) >= 11 is 0. The molecule has 0 aliphatic rings. The molecule has 0 amide bonds. The monoisotopic (exact) mass is 733 g/mol. The molecule has 272 valence electrons. The summed E-state index contributed by atoms with van der Waals surface area (Å²) in [6, 6.07) is 63.9. The molecule has 0 atom stereocenters. The van der Waals surface area contributed by atoms with Crippen molar-refractivity contribution < 1.29 is 4.42 Å². The number of unbranched alkanes of at least 4 members (excludes halogenated alkanes) is 1. The van der Waals surface area contributed by atoms with Crippen LogP contribution in [0.2, 0.25) is 0 Å². The van der Waals surface area contributed by atoms with Crippen LogP contribution in [0.5, 0.6) is 0 Å². The minimum absolute atomic E-state index is 0.630. The third-order valence-corrected chi connectivity index (χ3v) is 11.0. The van der Waals surface area contributed by atoms with Crippen molar-refractivity contribution in [1.82, 2.24) is 15.0 Å². The highest BCUT2D eigenvalue weighted by atomic mass is 16.3. The van der Waals surface area contributed by atoms with E-state index in [4.69, 9.17) is 19.4 Å². The SMILES string of the molecule is CCCCc1ccc(-c2ccc(-c3ccc(-c4nc(-c5ccccc5)nc(-c5ccc(-c6cccc7oc8ccccc8c67)c6ccccc56)n4)cc3)cc2)cc1.